The molecule has 0 radical (unpaired) electrons. The molecule has 0 aliphatic rings. The molecule has 6 nitrogen and oxygen atoms in total. The molecule has 7 heteroatoms. The number of rotatable bonds is 5. The van der Waals surface area contributed by atoms with Gasteiger partial charge in [0.05, 0.1) is 11.8 Å². The number of anilines is 2. The molecule has 0 unspecified atom stereocenters. The van der Waals surface area contributed by atoms with E-state index in [9.17, 15) is 9.59 Å². The minimum atomic E-state index is -0.203. The van der Waals surface area contributed by atoms with Crippen LogP contribution in [0, 0.1) is 0 Å². The average molecular weight is 355 g/mol. The molecule has 3 rings (SSSR count). The van der Waals surface area contributed by atoms with E-state index in [-0.39, 0.29) is 11.8 Å². The van der Waals surface area contributed by atoms with Crippen LogP contribution in [-0.4, -0.2) is 23.9 Å². The lowest BCUT2D eigenvalue weighted by molar-refractivity contribution is -0.115. The van der Waals surface area contributed by atoms with Crippen molar-refractivity contribution in [1.29, 1.82) is 0 Å². The number of hydrogen-bond donors (Lipinski definition) is 2. The monoisotopic (exact) mass is 355 g/mol. The van der Waals surface area contributed by atoms with Gasteiger partial charge in [0.1, 0.15) is 11.3 Å². The van der Waals surface area contributed by atoms with E-state index in [1.165, 1.54) is 11.3 Å². The van der Waals surface area contributed by atoms with Gasteiger partial charge in [0, 0.05) is 23.7 Å². The van der Waals surface area contributed by atoms with Gasteiger partial charge in [-0.2, -0.15) is 0 Å². The number of ether oxygens (including phenoxy) is 1. The van der Waals surface area contributed by atoms with Gasteiger partial charge in [-0.1, -0.05) is 36.5 Å². The van der Waals surface area contributed by atoms with Gasteiger partial charge in [0.2, 0.25) is 5.91 Å². The third-order valence-electron chi connectivity index (χ3n) is 3.54. The van der Waals surface area contributed by atoms with Crippen LogP contribution in [0.1, 0.15) is 23.7 Å². The van der Waals surface area contributed by atoms with E-state index in [4.69, 9.17) is 4.74 Å². The zero-order valence-corrected chi connectivity index (χ0v) is 14.6. The Morgan fingerprint density at radius 3 is 2.60 bits per heavy atom. The molecule has 128 valence electrons. The molecule has 0 bridgehead atoms. The third-order valence-corrected chi connectivity index (χ3v) is 4.46. The summed E-state index contributed by atoms with van der Waals surface area (Å²) in [5.74, 6) is 0.232. The fraction of sp³-hybridized carbons (Fsp3) is 0.167. The largest absolute Gasteiger partial charge is 0.494 e. The smallest absolute Gasteiger partial charge is 0.255 e. The van der Waals surface area contributed by atoms with Crippen LogP contribution >= 0.6 is 11.3 Å². The Morgan fingerprint density at radius 2 is 1.92 bits per heavy atom. The summed E-state index contributed by atoms with van der Waals surface area (Å²) in [7, 11) is 1.54. The first kappa shape index (κ1) is 16.9. The minimum absolute atomic E-state index is 0.101. The quantitative estimate of drug-likeness (QED) is 0.727. The Morgan fingerprint density at radius 1 is 1.16 bits per heavy atom. The predicted octanol–water partition coefficient (Wildman–Crippen LogP) is 3.91. The highest BCUT2D eigenvalue weighted by molar-refractivity contribution is 7.22. The molecule has 2 amide bonds. The standard InChI is InChI=1S/C18H17N3O3S/c1-3-15(22)20-18-21-16-13(24-2)9-12(10-14(16)25-18)19-17(23)11-7-5-4-6-8-11/h4-10H,3H2,1-2H3,(H,19,23)(H,20,21,22). The highest BCUT2D eigenvalue weighted by atomic mass is 32.1. The Balaban J connectivity index is 1.91. The second-order valence-corrected chi connectivity index (χ2v) is 6.30. The zero-order chi connectivity index (χ0) is 17.8. The van der Waals surface area contributed by atoms with Crippen LogP contribution in [0.5, 0.6) is 5.75 Å². The fourth-order valence-corrected chi connectivity index (χ4v) is 3.22. The molecule has 1 aromatic heterocycles. The Bertz CT molecular complexity index is 922. The van der Waals surface area contributed by atoms with E-state index in [2.05, 4.69) is 15.6 Å². The summed E-state index contributed by atoms with van der Waals surface area (Å²) >= 11 is 1.33. The molecule has 0 saturated carbocycles. The third kappa shape index (κ3) is 3.77. The van der Waals surface area contributed by atoms with E-state index in [0.717, 1.165) is 4.70 Å². The molecule has 1 heterocycles. The number of amides is 2. The first-order chi connectivity index (χ1) is 12.1. The van der Waals surface area contributed by atoms with Crippen LogP contribution in [0.15, 0.2) is 42.5 Å². The second kappa shape index (κ2) is 7.31. The molecular weight excluding hydrogens is 338 g/mol. The number of nitrogens with one attached hydrogen (secondary N) is 2. The van der Waals surface area contributed by atoms with Crippen molar-refractivity contribution in [3.63, 3.8) is 0 Å². The maximum atomic E-state index is 12.3. The van der Waals surface area contributed by atoms with E-state index in [1.54, 1.807) is 32.2 Å². The number of benzene rings is 2. The summed E-state index contributed by atoms with van der Waals surface area (Å²) in [4.78, 5) is 28.3. The Kier molecular flexibility index (Phi) is 4.95. The topological polar surface area (TPSA) is 80.3 Å². The maximum absolute atomic E-state index is 12.3. The first-order valence-corrected chi connectivity index (χ1v) is 8.57. The normalized spacial score (nSPS) is 10.5. The van der Waals surface area contributed by atoms with Crippen LogP contribution in [0.4, 0.5) is 10.8 Å². The Labute approximate surface area is 148 Å². The van der Waals surface area contributed by atoms with Crippen molar-refractivity contribution in [2.45, 2.75) is 13.3 Å². The summed E-state index contributed by atoms with van der Waals surface area (Å²) in [5, 5.41) is 6.11. The van der Waals surface area contributed by atoms with Gasteiger partial charge in [-0.15, -0.1) is 0 Å². The molecule has 0 aliphatic carbocycles. The summed E-state index contributed by atoms with van der Waals surface area (Å²) in [6.45, 7) is 1.78. The van der Waals surface area contributed by atoms with Crippen molar-refractivity contribution >= 4 is 44.2 Å². The number of aromatic nitrogens is 1. The van der Waals surface area contributed by atoms with Crippen molar-refractivity contribution in [3.8, 4) is 5.75 Å². The highest BCUT2D eigenvalue weighted by Crippen LogP contribution is 2.35. The lowest BCUT2D eigenvalue weighted by Gasteiger charge is -2.08. The summed E-state index contributed by atoms with van der Waals surface area (Å²) in [5.41, 5.74) is 1.83. The fourth-order valence-electron chi connectivity index (χ4n) is 2.28. The summed E-state index contributed by atoms with van der Waals surface area (Å²) in [6, 6.07) is 12.5. The van der Waals surface area contributed by atoms with Gasteiger partial charge < -0.3 is 15.4 Å². The molecule has 0 spiro atoms. The van der Waals surface area contributed by atoms with Crippen molar-refractivity contribution in [1.82, 2.24) is 4.98 Å². The van der Waals surface area contributed by atoms with E-state index in [1.807, 2.05) is 24.3 Å². The summed E-state index contributed by atoms with van der Waals surface area (Å²) in [6.07, 6.45) is 0.380. The molecule has 0 fully saturated rings. The number of thiazole rings is 1. The van der Waals surface area contributed by atoms with Gasteiger partial charge in [-0.25, -0.2) is 4.98 Å². The van der Waals surface area contributed by atoms with E-state index >= 15 is 0 Å². The summed E-state index contributed by atoms with van der Waals surface area (Å²) < 4.78 is 6.19. The van der Waals surface area contributed by atoms with Gasteiger partial charge in [-0.3, -0.25) is 9.59 Å². The zero-order valence-electron chi connectivity index (χ0n) is 13.8. The van der Waals surface area contributed by atoms with Crippen molar-refractivity contribution in [2.75, 3.05) is 17.7 Å². The molecule has 0 atom stereocenters. The number of fused-ring (bicyclic) bond motifs is 1. The van der Waals surface area contributed by atoms with Crippen LogP contribution < -0.4 is 15.4 Å². The maximum Gasteiger partial charge on any atom is 0.255 e. The lowest BCUT2D eigenvalue weighted by Crippen LogP contribution is -2.11. The lowest BCUT2D eigenvalue weighted by atomic mass is 10.2. The minimum Gasteiger partial charge on any atom is -0.494 e. The second-order valence-electron chi connectivity index (χ2n) is 5.27. The highest BCUT2D eigenvalue weighted by Gasteiger charge is 2.14. The van der Waals surface area contributed by atoms with Crippen molar-refractivity contribution < 1.29 is 14.3 Å². The molecule has 2 aromatic carbocycles. The van der Waals surface area contributed by atoms with Gasteiger partial charge >= 0.3 is 0 Å². The number of carbonyl (C=O) groups excluding carboxylic acids is 2. The van der Waals surface area contributed by atoms with Crippen LogP contribution in [0.25, 0.3) is 10.2 Å². The molecule has 3 aromatic rings. The van der Waals surface area contributed by atoms with Gasteiger partial charge in [0.15, 0.2) is 5.13 Å². The average Bonchev–Trinajstić information content (AvgIpc) is 3.03. The van der Waals surface area contributed by atoms with Crippen molar-refractivity contribution in [3.05, 3.63) is 48.0 Å². The molecular formula is C18H17N3O3S. The molecule has 2 N–H and O–H groups in total. The number of nitrogens with zero attached hydrogens (tertiary/aromatic N) is 1. The van der Waals surface area contributed by atoms with Crippen LogP contribution in [-0.2, 0) is 4.79 Å². The van der Waals surface area contributed by atoms with E-state index in [0.29, 0.717) is 34.1 Å². The van der Waals surface area contributed by atoms with Gasteiger partial charge in [-0.05, 0) is 18.2 Å². The van der Waals surface area contributed by atoms with Crippen molar-refractivity contribution in [2.24, 2.45) is 0 Å². The SMILES string of the molecule is CCC(=O)Nc1nc2c(OC)cc(NC(=O)c3ccccc3)cc2s1. The Hall–Kier alpha value is -2.93. The molecule has 25 heavy (non-hydrogen) atoms. The number of hydrogen-bond acceptors (Lipinski definition) is 5. The molecule has 0 aliphatic heterocycles. The first-order valence-electron chi connectivity index (χ1n) is 7.75. The molecule has 0 saturated heterocycles. The van der Waals surface area contributed by atoms with E-state index < -0.39 is 0 Å². The number of carbonyl (C=O) groups is 2. The van der Waals surface area contributed by atoms with Crippen LogP contribution in [0.3, 0.4) is 0 Å². The predicted molar refractivity (Wildman–Crippen MR) is 99.5 cm³/mol. The van der Waals surface area contributed by atoms with Gasteiger partial charge in [0.25, 0.3) is 5.91 Å². The van der Waals surface area contributed by atoms with Crippen LogP contribution in [0.2, 0.25) is 0 Å². The number of methoxy groups -OCH3 is 1.